The number of nitrogens with zero attached hydrogens (tertiary/aromatic N) is 1. The topological polar surface area (TPSA) is 130 Å². The Morgan fingerprint density at radius 2 is 2.25 bits per heavy atom. The third kappa shape index (κ3) is 3.51. The molecular formula is C7H13N5O3S. The molecule has 0 saturated heterocycles. The Bertz CT molecular complexity index is 466. The Labute approximate surface area is 92.7 Å². The molecule has 0 bridgehead atoms. The van der Waals surface area contributed by atoms with Gasteiger partial charge in [0.05, 0.1) is 6.20 Å². The van der Waals surface area contributed by atoms with E-state index >= 15 is 0 Å². The van der Waals surface area contributed by atoms with E-state index in [-0.39, 0.29) is 18.1 Å². The lowest BCUT2D eigenvalue weighted by atomic mass is 10.6. The number of urea groups is 1. The van der Waals surface area contributed by atoms with Crippen molar-refractivity contribution in [3.8, 4) is 0 Å². The van der Waals surface area contributed by atoms with Crippen LogP contribution in [0, 0.1) is 6.92 Å². The van der Waals surface area contributed by atoms with Gasteiger partial charge in [0, 0.05) is 13.1 Å². The van der Waals surface area contributed by atoms with E-state index in [1.807, 2.05) is 0 Å². The van der Waals surface area contributed by atoms with Gasteiger partial charge < -0.3 is 16.0 Å². The number of aryl methyl sites for hydroxylation is 1. The first-order valence-electron chi connectivity index (χ1n) is 4.46. The number of H-pyrrole nitrogens is 1. The summed E-state index contributed by atoms with van der Waals surface area (Å²) in [5.41, 5.74) is 4.81. The van der Waals surface area contributed by atoms with Crippen LogP contribution in [0.1, 0.15) is 5.82 Å². The summed E-state index contributed by atoms with van der Waals surface area (Å²) in [4.78, 5) is 16.7. The van der Waals surface area contributed by atoms with Crippen LogP contribution in [0.4, 0.5) is 4.79 Å². The van der Waals surface area contributed by atoms with E-state index in [0.29, 0.717) is 5.82 Å². The van der Waals surface area contributed by atoms with Gasteiger partial charge in [0.25, 0.3) is 10.0 Å². The van der Waals surface area contributed by atoms with Gasteiger partial charge >= 0.3 is 6.03 Å². The van der Waals surface area contributed by atoms with Crippen LogP contribution in [0.15, 0.2) is 11.2 Å². The van der Waals surface area contributed by atoms with E-state index in [9.17, 15) is 13.2 Å². The third-order valence-electron chi connectivity index (χ3n) is 1.69. The summed E-state index contributed by atoms with van der Waals surface area (Å²) in [5, 5.41) is 2.25. The monoisotopic (exact) mass is 247 g/mol. The van der Waals surface area contributed by atoms with Crippen LogP contribution in [0.5, 0.6) is 0 Å². The largest absolute Gasteiger partial charge is 0.352 e. The highest BCUT2D eigenvalue weighted by Gasteiger charge is 2.15. The summed E-state index contributed by atoms with van der Waals surface area (Å²) in [7, 11) is -3.60. The SMILES string of the molecule is Cc1ncc(S(=O)(=O)NCCNC(N)=O)[nH]1. The molecular weight excluding hydrogens is 234 g/mol. The van der Waals surface area contributed by atoms with Crippen LogP contribution in [0.2, 0.25) is 0 Å². The number of carbonyl (C=O) groups excluding carboxylic acids is 1. The van der Waals surface area contributed by atoms with Crippen LogP contribution in [0.3, 0.4) is 0 Å². The molecule has 0 atom stereocenters. The zero-order valence-electron chi connectivity index (χ0n) is 8.65. The van der Waals surface area contributed by atoms with Crippen molar-refractivity contribution < 1.29 is 13.2 Å². The van der Waals surface area contributed by atoms with Crippen molar-refractivity contribution in [1.82, 2.24) is 20.0 Å². The first-order valence-corrected chi connectivity index (χ1v) is 5.95. The molecule has 8 nitrogen and oxygen atoms in total. The number of primary amides is 1. The van der Waals surface area contributed by atoms with Crippen LogP contribution in [0.25, 0.3) is 0 Å². The predicted molar refractivity (Wildman–Crippen MR) is 56.1 cm³/mol. The van der Waals surface area contributed by atoms with Crippen molar-refractivity contribution in [2.24, 2.45) is 5.73 Å². The van der Waals surface area contributed by atoms with Crippen molar-refractivity contribution in [3.63, 3.8) is 0 Å². The molecule has 0 saturated carbocycles. The van der Waals surface area contributed by atoms with Gasteiger partial charge in [0.15, 0.2) is 5.03 Å². The molecule has 0 spiro atoms. The second kappa shape index (κ2) is 4.94. The van der Waals surface area contributed by atoms with E-state index in [2.05, 4.69) is 20.0 Å². The minimum absolute atomic E-state index is 0.0101. The predicted octanol–water partition coefficient (Wildman–Crippen LogP) is -1.34. The molecule has 0 aliphatic rings. The fourth-order valence-corrected chi connectivity index (χ4v) is 1.98. The van der Waals surface area contributed by atoms with E-state index in [1.54, 1.807) is 6.92 Å². The fourth-order valence-electron chi connectivity index (χ4n) is 0.984. The lowest BCUT2D eigenvalue weighted by Gasteiger charge is -2.04. The average Bonchev–Trinajstić information content (AvgIpc) is 2.60. The van der Waals surface area contributed by atoms with Crippen LogP contribution >= 0.6 is 0 Å². The molecule has 1 heterocycles. The first kappa shape index (κ1) is 12.5. The number of aromatic nitrogens is 2. The standard InChI is InChI=1S/C7H13N5O3S/c1-5-10-4-6(12-5)16(14,15)11-3-2-9-7(8)13/h4,11H,2-3H2,1H3,(H,10,12)(H3,8,9,13). The number of amides is 2. The molecule has 0 aliphatic heterocycles. The van der Waals surface area contributed by atoms with Gasteiger partial charge in [-0.25, -0.2) is 22.9 Å². The maximum Gasteiger partial charge on any atom is 0.312 e. The fraction of sp³-hybridized carbons (Fsp3) is 0.429. The van der Waals surface area contributed by atoms with E-state index < -0.39 is 16.1 Å². The van der Waals surface area contributed by atoms with Gasteiger partial charge in [-0.05, 0) is 6.92 Å². The molecule has 9 heteroatoms. The number of nitrogens with two attached hydrogens (primary N) is 1. The van der Waals surface area contributed by atoms with Crippen molar-refractivity contribution in [3.05, 3.63) is 12.0 Å². The lowest BCUT2D eigenvalue weighted by molar-refractivity contribution is 0.249. The van der Waals surface area contributed by atoms with E-state index in [0.717, 1.165) is 0 Å². The lowest BCUT2D eigenvalue weighted by Crippen LogP contribution is -2.37. The number of aromatic amines is 1. The molecule has 1 aromatic rings. The number of hydrogen-bond donors (Lipinski definition) is 4. The highest BCUT2D eigenvalue weighted by Crippen LogP contribution is 2.03. The third-order valence-corrected chi connectivity index (χ3v) is 3.06. The highest BCUT2D eigenvalue weighted by atomic mass is 32.2. The van der Waals surface area contributed by atoms with E-state index in [4.69, 9.17) is 5.73 Å². The summed E-state index contributed by atoms with van der Waals surface area (Å²) in [6, 6.07) is -0.698. The van der Waals surface area contributed by atoms with E-state index in [1.165, 1.54) is 6.20 Å². The van der Waals surface area contributed by atoms with Crippen LogP contribution < -0.4 is 15.8 Å². The quantitative estimate of drug-likeness (QED) is 0.480. The number of carbonyl (C=O) groups is 1. The molecule has 2 amide bonds. The Hall–Kier alpha value is -1.61. The Balaban J connectivity index is 2.50. The zero-order chi connectivity index (χ0) is 12.2. The summed E-state index contributed by atoms with van der Waals surface area (Å²) < 4.78 is 25.4. The normalized spacial score (nSPS) is 11.3. The van der Waals surface area contributed by atoms with Gasteiger partial charge in [0.1, 0.15) is 5.82 Å². The number of sulfonamides is 1. The molecule has 90 valence electrons. The minimum Gasteiger partial charge on any atom is -0.352 e. The average molecular weight is 247 g/mol. The Kier molecular flexibility index (Phi) is 3.85. The number of nitrogens with one attached hydrogen (secondary N) is 3. The summed E-state index contributed by atoms with van der Waals surface area (Å²) in [6.45, 7) is 1.83. The van der Waals surface area contributed by atoms with Gasteiger partial charge in [-0.15, -0.1) is 0 Å². The second-order valence-corrected chi connectivity index (χ2v) is 4.76. The molecule has 5 N–H and O–H groups in total. The minimum atomic E-state index is -3.60. The maximum absolute atomic E-state index is 11.6. The molecule has 0 unspecified atom stereocenters. The van der Waals surface area contributed by atoms with Crippen molar-refractivity contribution >= 4 is 16.1 Å². The molecule has 0 radical (unpaired) electrons. The molecule has 0 aliphatic carbocycles. The summed E-state index contributed by atoms with van der Waals surface area (Å²) in [6.07, 6.45) is 1.22. The molecule has 1 rings (SSSR count). The van der Waals surface area contributed by atoms with Crippen molar-refractivity contribution in [1.29, 1.82) is 0 Å². The molecule has 0 aromatic carbocycles. The zero-order valence-corrected chi connectivity index (χ0v) is 9.47. The summed E-state index contributed by atoms with van der Waals surface area (Å²) in [5.74, 6) is 0.510. The smallest absolute Gasteiger partial charge is 0.312 e. The highest BCUT2D eigenvalue weighted by molar-refractivity contribution is 7.89. The Morgan fingerprint density at radius 3 is 2.75 bits per heavy atom. The van der Waals surface area contributed by atoms with Gasteiger partial charge in [-0.3, -0.25) is 0 Å². The molecule has 16 heavy (non-hydrogen) atoms. The second-order valence-electron chi connectivity index (χ2n) is 3.02. The maximum atomic E-state index is 11.6. The van der Waals surface area contributed by atoms with Gasteiger partial charge in [0.2, 0.25) is 0 Å². The first-order chi connectivity index (χ1) is 7.42. The number of hydrogen-bond acceptors (Lipinski definition) is 4. The van der Waals surface area contributed by atoms with Crippen LogP contribution in [-0.4, -0.2) is 37.5 Å². The number of imidazole rings is 1. The molecule has 0 fully saturated rings. The van der Waals surface area contributed by atoms with Crippen molar-refractivity contribution in [2.45, 2.75) is 11.9 Å². The van der Waals surface area contributed by atoms with Crippen LogP contribution in [-0.2, 0) is 10.0 Å². The number of rotatable bonds is 5. The Morgan fingerprint density at radius 1 is 1.56 bits per heavy atom. The van der Waals surface area contributed by atoms with Gasteiger partial charge in [-0.1, -0.05) is 0 Å². The van der Waals surface area contributed by atoms with Crippen molar-refractivity contribution in [2.75, 3.05) is 13.1 Å². The van der Waals surface area contributed by atoms with Gasteiger partial charge in [-0.2, -0.15) is 0 Å². The summed E-state index contributed by atoms with van der Waals surface area (Å²) >= 11 is 0. The molecule has 1 aromatic heterocycles.